The Morgan fingerprint density at radius 2 is 2.15 bits per heavy atom. The maximum absolute atomic E-state index is 6.10. The Morgan fingerprint density at radius 1 is 1.25 bits per heavy atom. The van der Waals surface area contributed by atoms with E-state index in [1.54, 1.807) is 0 Å². The van der Waals surface area contributed by atoms with Crippen LogP contribution in [0.3, 0.4) is 0 Å². The molecule has 102 valence electrons. The molecule has 0 bridgehead atoms. The molecule has 3 aromatic rings. The largest absolute Gasteiger partial charge is 0.361 e. The first-order valence-corrected chi connectivity index (χ1v) is 7.02. The SMILES string of the molecule is NCC(Cc1ccccn1)c1c[nH]c2ccc(Cl)cc12. The molecule has 4 heteroatoms. The van der Waals surface area contributed by atoms with E-state index in [4.69, 9.17) is 17.3 Å². The van der Waals surface area contributed by atoms with Gasteiger partial charge in [-0.25, -0.2) is 0 Å². The third-order valence-corrected chi connectivity index (χ3v) is 3.82. The summed E-state index contributed by atoms with van der Waals surface area (Å²) in [6, 6.07) is 11.8. The van der Waals surface area contributed by atoms with Crippen molar-refractivity contribution in [3.8, 4) is 0 Å². The van der Waals surface area contributed by atoms with E-state index >= 15 is 0 Å². The molecule has 0 aliphatic carbocycles. The maximum Gasteiger partial charge on any atom is 0.0457 e. The standard InChI is InChI=1S/C16H16ClN3/c17-12-4-5-16-14(8-12)15(10-20-16)11(9-18)7-13-3-1-2-6-19-13/h1-6,8,10-11,20H,7,9,18H2. The maximum atomic E-state index is 6.10. The molecule has 3 N–H and O–H groups in total. The van der Waals surface area contributed by atoms with Gasteiger partial charge >= 0.3 is 0 Å². The molecule has 1 aromatic carbocycles. The highest BCUT2D eigenvalue weighted by Gasteiger charge is 2.16. The molecule has 1 unspecified atom stereocenters. The number of rotatable bonds is 4. The number of nitrogens with one attached hydrogen (secondary N) is 1. The Morgan fingerprint density at radius 3 is 2.90 bits per heavy atom. The van der Waals surface area contributed by atoms with Gasteiger partial charge in [0.1, 0.15) is 0 Å². The molecule has 1 atom stereocenters. The molecule has 20 heavy (non-hydrogen) atoms. The van der Waals surface area contributed by atoms with Gasteiger partial charge in [0, 0.05) is 39.9 Å². The van der Waals surface area contributed by atoms with Crippen molar-refractivity contribution in [1.82, 2.24) is 9.97 Å². The molecule has 0 aliphatic rings. The molecule has 3 rings (SSSR count). The fourth-order valence-electron chi connectivity index (χ4n) is 2.54. The van der Waals surface area contributed by atoms with Gasteiger partial charge in [-0.1, -0.05) is 17.7 Å². The summed E-state index contributed by atoms with van der Waals surface area (Å²) in [6.45, 7) is 0.579. The van der Waals surface area contributed by atoms with Crippen LogP contribution >= 0.6 is 11.6 Å². The van der Waals surface area contributed by atoms with Crippen molar-refractivity contribution in [2.75, 3.05) is 6.54 Å². The molecule has 0 amide bonds. The zero-order chi connectivity index (χ0) is 13.9. The predicted octanol–water partition coefficient (Wildman–Crippen LogP) is 3.50. The van der Waals surface area contributed by atoms with Gasteiger partial charge in [0.2, 0.25) is 0 Å². The second-order valence-corrected chi connectivity index (χ2v) is 5.33. The van der Waals surface area contributed by atoms with E-state index in [0.717, 1.165) is 28.0 Å². The summed E-state index contributed by atoms with van der Waals surface area (Å²) >= 11 is 6.10. The van der Waals surface area contributed by atoms with Crippen molar-refractivity contribution in [1.29, 1.82) is 0 Å². The molecule has 0 saturated carbocycles. The molecule has 2 heterocycles. The average Bonchev–Trinajstić information content (AvgIpc) is 2.89. The van der Waals surface area contributed by atoms with Gasteiger partial charge in [0.25, 0.3) is 0 Å². The van der Waals surface area contributed by atoms with Crippen LogP contribution in [0.25, 0.3) is 10.9 Å². The highest BCUT2D eigenvalue weighted by Crippen LogP contribution is 2.29. The number of nitrogens with zero attached hydrogens (tertiary/aromatic N) is 1. The second kappa shape index (κ2) is 5.65. The number of hydrogen-bond donors (Lipinski definition) is 2. The highest BCUT2D eigenvalue weighted by molar-refractivity contribution is 6.31. The van der Waals surface area contributed by atoms with Gasteiger partial charge in [-0.15, -0.1) is 0 Å². The van der Waals surface area contributed by atoms with Gasteiger partial charge in [0.15, 0.2) is 0 Å². The van der Waals surface area contributed by atoms with Crippen molar-refractivity contribution >= 4 is 22.5 Å². The molecule has 2 aromatic heterocycles. The molecule has 0 fully saturated rings. The van der Waals surface area contributed by atoms with Crippen LogP contribution in [-0.4, -0.2) is 16.5 Å². The van der Waals surface area contributed by atoms with Crippen molar-refractivity contribution in [3.05, 3.63) is 65.1 Å². The van der Waals surface area contributed by atoms with E-state index in [1.165, 1.54) is 5.56 Å². The lowest BCUT2D eigenvalue weighted by molar-refractivity contribution is 0.687. The van der Waals surface area contributed by atoms with E-state index in [1.807, 2.05) is 48.8 Å². The zero-order valence-electron chi connectivity index (χ0n) is 11.0. The van der Waals surface area contributed by atoms with E-state index in [9.17, 15) is 0 Å². The Balaban J connectivity index is 1.97. The highest BCUT2D eigenvalue weighted by atomic mass is 35.5. The molecule has 0 radical (unpaired) electrons. The Labute approximate surface area is 122 Å². The smallest absolute Gasteiger partial charge is 0.0457 e. The molecule has 3 nitrogen and oxygen atoms in total. The summed E-state index contributed by atoms with van der Waals surface area (Å²) in [6.07, 6.45) is 4.67. The minimum atomic E-state index is 0.233. The number of aromatic nitrogens is 2. The molecule has 0 spiro atoms. The fraction of sp³-hybridized carbons (Fsp3) is 0.188. The summed E-state index contributed by atoms with van der Waals surface area (Å²) in [5, 5.41) is 1.89. The van der Waals surface area contributed by atoms with Gasteiger partial charge < -0.3 is 10.7 Å². The van der Waals surface area contributed by atoms with Crippen LogP contribution in [-0.2, 0) is 6.42 Å². The number of fused-ring (bicyclic) bond motifs is 1. The molecule has 0 aliphatic heterocycles. The van der Waals surface area contributed by atoms with Crippen LogP contribution in [0.4, 0.5) is 0 Å². The summed E-state index contributed by atoms with van der Waals surface area (Å²) in [5.41, 5.74) is 9.31. The first-order valence-electron chi connectivity index (χ1n) is 6.64. The lowest BCUT2D eigenvalue weighted by Gasteiger charge is -2.13. The normalized spacial score (nSPS) is 12.7. The van der Waals surface area contributed by atoms with Crippen LogP contribution in [0, 0.1) is 0 Å². The van der Waals surface area contributed by atoms with Crippen molar-refractivity contribution in [3.63, 3.8) is 0 Å². The number of H-pyrrole nitrogens is 1. The first-order chi connectivity index (χ1) is 9.78. The third kappa shape index (κ3) is 2.55. The minimum absolute atomic E-state index is 0.233. The van der Waals surface area contributed by atoms with E-state index < -0.39 is 0 Å². The van der Waals surface area contributed by atoms with Gasteiger partial charge in [0.05, 0.1) is 0 Å². The Bertz CT molecular complexity index is 706. The second-order valence-electron chi connectivity index (χ2n) is 4.89. The molecular formula is C16H16ClN3. The van der Waals surface area contributed by atoms with E-state index in [2.05, 4.69) is 9.97 Å². The monoisotopic (exact) mass is 285 g/mol. The number of halogens is 1. The molecular weight excluding hydrogens is 270 g/mol. The third-order valence-electron chi connectivity index (χ3n) is 3.58. The van der Waals surface area contributed by atoms with Crippen LogP contribution < -0.4 is 5.73 Å². The van der Waals surface area contributed by atoms with Crippen LogP contribution in [0.2, 0.25) is 5.02 Å². The van der Waals surface area contributed by atoms with Crippen molar-refractivity contribution in [2.45, 2.75) is 12.3 Å². The van der Waals surface area contributed by atoms with Crippen molar-refractivity contribution < 1.29 is 0 Å². The lowest BCUT2D eigenvalue weighted by Crippen LogP contribution is -2.15. The summed E-state index contributed by atoms with van der Waals surface area (Å²) in [7, 11) is 0. The number of hydrogen-bond acceptors (Lipinski definition) is 2. The zero-order valence-corrected chi connectivity index (χ0v) is 11.8. The Kier molecular flexibility index (Phi) is 3.72. The quantitative estimate of drug-likeness (QED) is 0.771. The van der Waals surface area contributed by atoms with E-state index in [0.29, 0.717) is 6.54 Å². The fourth-order valence-corrected chi connectivity index (χ4v) is 2.72. The number of nitrogens with two attached hydrogens (primary N) is 1. The van der Waals surface area contributed by atoms with Gasteiger partial charge in [-0.05, 0) is 48.9 Å². The topological polar surface area (TPSA) is 54.7 Å². The van der Waals surface area contributed by atoms with Crippen LogP contribution in [0.1, 0.15) is 17.2 Å². The van der Waals surface area contributed by atoms with Gasteiger partial charge in [-0.3, -0.25) is 4.98 Å². The average molecular weight is 286 g/mol. The van der Waals surface area contributed by atoms with Crippen molar-refractivity contribution in [2.24, 2.45) is 5.73 Å². The number of benzene rings is 1. The van der Waals surface area contributed by atoms with Crippen LogP contribution in [0.15, 0.2) is 48.8 Å². The number of pyridine rings is 1. The first kappa shape index (κ1) is 13.2. The van der Waals surface area contributed by atoms with Gasteiger partial charge in [-0.2, -0.15) is 0 Å². The van der Waals surface area contributed by atoms with E-state index in [-0.39, 0.29) is 5.92 Å². The lowest BCUT2D eigenvalue weighted by atomic mass is 9.93. The number of aromatic amines is 1. The summed E-state index contributed by atoms with van der Waals surface area (Å²) in [4.78, 5) is 7.66. The molecule has 0 saturated heterocycles. The summed E-state index contributed by atoms with van der Waals surface area (Å²) < 4.78 is 0. The predicted molar refractivity (Wildman–Crippen MR) is 83.0 cm³/mol. The summed E-state index contributed by atoms with van der Waals surface area (Å²) in [5.74, 6) is 0.233. The minimum Gasteiger partial charge on any atom is -0.361 e. The Hall–Kier alpha value is -1.84. The van der Waals surface area contributed by atoms with Crippen LogP contribution in [0.5, 0.6) is 0 Å².